The molecule has 0 saturated heterocycles. The Morgan fingerprint density at radius 1 is 1.31 bits per heavy atom. The Bertz CT molecular complexity index is 635. The first-order chi connectivity index (χ1) is 12.3. The maximum atomic E-state index is 11.5. The van der Waals surface area contributed by atoms with Gasteiger partial charge in [-0.1, -0.05) is 6.07 Å². The number of carbonyl (C=O) groups excluding carboxylic acids is 1. The second-order valence-corrected chi connectivity index (χ2v) is 7.60. The van der Waals surface area contributed by atoms with Gasteiger partial charge in [0.15, 0.2) is 0 Å². The number of hydrogen-bond acceptors (Lipinski definition) is 5. The van der Waals surface area contributed by atoms with Gasteiger partial charge in [-0.3, -0.25) is 10.1 Å². The van der Waals surface area contributed by atoms with E-state index in [4.69, 9.17) is 9.47 Å². The highest BCUT2D eigenvalue weighted by molar-refractivity contribution is 5.67. The van der Waals surface area contributed by atoms with Crippen LogP contribution in [-0.2, 0) is 16.1 Å². The zero-order valence-electron chi connectivity index (χ0n) is 15.7. The molecule has 1 aromatic rings. The normalized spacial score (nSPS) is 14.1. The molecule has 0 bridgehead atoms. The lowest BCUT2D eigenvalue weighted by Crippen LogP contribution is -2.33. The molecule has 1 amide bonds. The van der Waals surface area contributed by atoms with Crippen LogP contribution >= 0.6 is 0 Å². The van der Waals surface area contributed by atoms with Gasteiger partial charge in [-0.25, -0.2) is 4.79 Å². The number of non-ortho nitro benzene ring substituents is 1. The zero-order chi connectivity index (χ0) is 19.2. The van der Waals surface area contributed by atoms with Crippen LogP contribution in [0.2, 0.25) is 0 Å². The van der Waals surface area contributed by atoms with Crippen LogP contribution in [0.5, 0.6) is 0 Å². The van der Waals surface area contributed by atoms with Crippen molar-refractivity contribution in [2.24, 2.45) is 0 Å². The summed E-state index contributed by atoms with van der Waals surface area (Å²) in [5.41, 5.74) is 1.69. The molecule has 0 aromatic heterocycles. The van der Waals surface area contributed by atoms with Crippen molar-refractivity contribution in [2.45, 2.75) is 64.6 Å². The van der Waals surface area contributed by atoms with Crippen LogP contribution in [-0.4, -0.2) is 29.8 Å². The molecule has 1 aromatic carbocycles. The first-order valence-corrected chi connectivity index (χ1v) is 9.08. The summed E-state index contributed by atoms with van der Waals surface area (Å²) < 4.78 is 10.9. The van der Waals surface area contributed by atoms with Crippen LogP contribution in [0.4, 0.5) is 10.5 Å². The molecule has 144 valence electrons. The molecule has 0 aliphatic heterocycles. The lowest BCUT2D eigenvalue weighted by molar-refractivity contribution is -0.385. The molecule has 1 fully saturated rings. The number of rotatable bonds is 9. The summed E-state index contributed by atoms with van der Waals surface area (Å²) >= 11 is 0. The van der Waals surface area contributed by atoms with E-state index in [0.29, 0.717) is 25.7 Å². The number of hydrogen-bond donors (Lipinski definition) is 1. The third kappa shape index (κ3) is 7.00. The van der Waals surface area contributed by atoms with Gasteiger partial charge in [-0.2, -0.15) is 0 Å². The van der Waals surface area contributed by atoms with Crippen LogP contribution in [0.25, 0.3) is 0 Å². The minimum Gasteiger partial charge on any atom is -0.444 e. The summed E-state index contributed by atoms with van der Waals surface area (Å²) in [4.78, 5) is 22.1. The average molecular weight is 364 g/mol. The fourth-order valence-corrected chi connectivity index (χ4v) is 2.64. The highest BCUT2D eigenvalue weighted by Gasteiger charge is 2.27. The Morgan fingerprint density at radius 2 is 2.04 bits per heavy atom. The van der Waals surface area contributed by atoms with Gasteiger partial charge in [-0.05, 0) is 63.5 Å². The van der Waals surface area contributed by atoms with Gasteiger partial charge >= 0.3 is 6.09 Å². The van der Waals surface area contributed by atoms with Gasteiger partial charge in [0.2, 0.25) is 0 Å². The van der Waals surface area contributed by atoms with Gasteiger partial charge < -0.3 is 14.8 Å². The van der Waals surface area contributed by atoms with E-state index >= 15 is 0 Å². The van der Waals surface area contributed by atoms with Gasteiger partial charge in [-0.15, -0.1) is 0 Å². The zero-order valence-corrected chi connectivity index (χ0v) is 15.7. The van der Waals surface area contributed by atoms with Crippen molar-refractivity contribution in [3.63, 3.8) is 0 Å². The number of unbranched alkanes of at least 4 members (excludes halogenated alkanes) is 1. The summed E-state index contributed by atoms with van der Waals surface area (Å²) in [5.74, 6) is 0.521. The monoisotopic (exact) mass is 364 g/mol. The number of nitrogens with one attached hydrogen (secondary N) is 1. The first kappa shape index (κ1) is 20.2. The minimum absolute atomic E-state index is 0.106. The van der Waals surface area contributed by atoms with Crippen LogP contribution in [0, 0.1) is 10.1 Å². The van der Waals surface area contributed by atoms with Crippen molar-refractivity contribution in [3.05, 3.63) is 39.4 Å². The van der Waals surface area contributed by atoms with Crippen molar-refractivity contribution in [1.29, 1.82) is 0 Å². The quantitative estimate of drug-likeness (QED) is 0.401. The van der Waals surface area contributed by atoms with Crippen LogP contribution in [0.15, 0.2) is 18.2 Å². The second-order valence-electron chi connectivity index (χ2n) is 7.60. The van der Waals surface area contributed by atoms with E-state index < -0.39 is 11.7 Å². The van der Waals surface area contributed by atoms with Gasteiger partial charge in [0, 0.05) is 25.3 Å². The third-order valence-corrected chi connectivity index (χ3v) is 4.00. The molecule has 7 nitrogen and oxygen atoms in total. The van der Waals surface area contributed by atoms with Crippen LogP contribution in [0.3, 0.4) is 0 Å². The number of nitrogens with zero attached hydrogens (tertiary/aromatic N) is 1. The molecular formula is C19H28N2O5. The molecule has 0 unspecified atom stereocenters. The van der Waals surface area contributed by atoms with Crippen molar-refractivity contribution in [2.75, 3.05) is 13.2 Å². The molecule has 7 heteroatoms. The molecule has 1 aliphatic carbocycles. The fraction of sp³-hybridized carbons (Fsp3) is 0.632. The number of amides is 1. The Labute approximate surface area is 154 Å². The van der Waals surface area contributed by atoms with Crippen LogP contribution in [0.1, 0.15) is 63.5 Å². The molecule has 0 radical (unpaired) electrons. The molecule has 0 spiro atoms. The average Bonchev–Trinajstić information content (AvgIpc) is 3.36. The van der Waals surface area contributed by atoms with Gasteiger partial charge in [0.05, 0.1) is 11.5 Å². The summed E-state index contributed by atoms with van der Waals surface area (Å²) in [6, 6.07) is 5.05. The summed E-state index contributed by atoms with van der Waals surface area (Å²) in [6.07, 6.45) is 3.44. The SMILES string of the molecule is CC(C)(C)OC(=O)NCCCCOCc1cc([N+](=O)[O-])ccc1C1CC1. The minimum atomic E-state index is -0.495. The Kier molecular flexibility index (Phi) is 6.97. The second kappa shape index (κ2) is 8.98. The standard InChI is InChI=1S/C19H28N2O5/c1-19(2,3)26-18(22)20-10-4-5-11-25-13-15-12-16(21(23)24)8-9-17(15)14-6-7-14/h8-9,12,14H,4-7,10-11,13H2,1-3H3,(H,20,22). The summed E-state index contributed by atoms with van der Waals surface area (Å²) in [5, 5.41) is 13.7. The maximum Gasteiger partial charge on any atom is 0.407 e. The summed E-state index contributed by atoms with van der Waals surface area (Å²) in [7, 11) is 0. The molecule has 0 atom stereocenters. The van der Waals surface area contributed by atoms with Crippen molar-refractivity contribution in [3.8, 4) is 0 Å². The molecule has 1 saturated carbocycles. The molecule has 0 heterocycles. The van der Waals surface area contributed by atoms with E-state index in [9.17, 15) is 14.9 Å². The van der Waals surface area contributed by atoms with Crippen molar-refractivity contribution < 1.29 is 19.2 Å². The number of carbonyl (C=O) groups is 1. The highest BCUT2D eigenvalue weighted by atomic mass is 16.6. The predicted molar refractivity (Wildman–Crippen MR) is 98.2 cm³/mol. The number of benzene rings is 1. The number of alkyl carbamates (subject to hydrolysis) is 1. The first-order valence-electron chi connectivity index (χ1n) is 9.08. The molecular weight excluding hydrogens is 336 g/mol. The van der Waals surface area contributed by atoms with Crippen molar-refractivity contribution >= 4 is 11.8 Å². The van der Waals surface area contributed by atoms with E-state index in [0.717, 1.165) is 31.2 Å². The van der Waals surface area contributed by atoms with E-state index in [-0.39, 0.29) is 10.6 Å². The van der Waals surface area contributed by atoms with E-state index in [1.54, 1.807) is 12.1 Å². The fourth-order valence-electron chi connectivity index (χ4n) is 2.64. The highest BCUT2D eigenvalue weighted by Crippen LogP contribution is 2.42. The largest absolute Gasteiger partial charge is 0.444 e. The third-order valence-electron chi connectivity index (χ3n) is 4.00. The van der Waals surface area contributed by atoms with Gasteiger partial charge in [0.1, 0.15) is 5.60 Å². The Balaban J connectivity index is 1.67. The summed E-state index contributed by atoms with van der Waals surface area (Å²) in [6.45, 7) is 6.93. The molecule has 26 heavy (non-hydrogen) atoms. The topological polar surface area (TPSA) is 90.7 Å². The number of nitro groups is 1. The maximum absolute atomic E-state index is 11.5. The van der Waals surface area contributed by atoms with Gasteiger partial charge in [0.25, 0.3) is 5.69 Å². The molecule has 2 rings (SSSR count). The van der Waals surface area contributed by atoms with Crippen molar-refractivity contribution in [1.82, 2.24) is 5.32 Å². The Hall–Kier alpha value is -2.15. The number of nitro benzene ring substituents is 1. The lowest BCUT2D eigenvalue weighted by atomic mass is 10.0. The predicted octanol–water partition coefficient (Wildman–Crippen LogP) is 4.29. The van der Waals surface area contributed by atoms with E-state index in [1.165, 1.54) is 5.56 Å². The molecule has 1 N–H and O–H groups in total. The van der Waals surface area contributed by atoms with E-state index in [1.807, 2.05) is 26.8 Å². The van der Waals surface area contributed by atoms with Crippen LogP contribution < -0.4 is 5.32 Å². The number of ether oxygens (including phenoxy) is 2. The van der Waals surface area contributed by atoms with E-state index in [2.05, 4.69) is 5.32 Å². The lowest BCUT2D eigenvalue weighted by Gasteiger charge is -2.19. The molecule has 1 aliphatic rings. The smallest absolute Gasteiger partial charge is 0.407 e. The Morgan fingerprint density at radius 3 is 2.65 bits per heavy atom.